The normalized spacial score (nSPS) is 14.2. The second kappa shape index (κ2) is 6.35. The Morgan fingerprint density at radius 2 is 1.83 bits per heavy atom. The number of nitrogens with one attached hydrogen (secondary N) is 2. The predicted molar refractivity (Wildman–Crippen MR) is 95.0 cm³/mol. The number of fused-ring (bicyclic) bond motifs is 1. The Kier molecular flexibility index (Phi) is 3.91. The molecule has 5 heteroatoms. The first kappa shape index (κ1) is 14.8. The zero-order valence-electron chi connectivity index (χ0n) is 13.5. The van der Waals surface area contributed by atoms with Crippen LogP contribution in [0.15, 0.2) is 48.5 Å². The third kappa shape index (κ3) is 2.85. The van der Waals surface area contributed by atoms with E-state index < -0.39 is 0 Å². The van der Waals surface area contributed by atoms with Crippen molar-refractivity contribution in [2.24, 2.45) is 0 Å². The maximum atomic E-state index is 12.3. The Bertz CT molecular complexity index is 847. The fourth-order valence-corrected chi connectivity index (χ4v) is 3.15. The number of carbonyl (C=O) groups is 1. The minimum atomic E-state index is 0.144. The van der Waals surface area contributed by atoms with Crippen LogP contribution in [0, 0.1) is 0 Å². The molecule has 2 N–H and O–H groups in total. The molecule has 0 atom stereocenters. The molecule has 3 aromatic rings. The average molecular weight is 320 g/mol. The number of para-hydroxylation sites is 1. The number of hydrogen-bond donors (Lipinski definition) is 2. The van der Waals surface area contributed by atoms with Gasteiger partial charge in [0.2, 0.25) is 0 Å². The molecular formula is C19H20N4O. The van der Waals surface area contributed by atoms with Crippen LogP contribution in [0.2, 0.25) is 0 Å². The minimum absolute atomic E-state index is 0.144. The van der Waals surface area contributed by atoms with Crippen LogP contribution >= 0.6 is 0 Å². The van der Waals surface area contributed by atoms with E-state index in [9.17, 15) is 4.79 Å². The topological polar surface area (TPSA) is 61.0 Å². The van der Waals surface area contributed by atoms with E-state index in [1.165, 1.54) is 0 Å². The molecular weight excluding hydrogens is 300 g/mol. The molecule has 0 radical (unpaired) electrons. The van der Waals surface area contributed by atoms with Crippen LogP contribution in [0.5, 0.6) is 0 Å². The monoisotopic (exact) mass is 320 g/mol. The quantitative estimate of drug-likeness (QED) is 0.774. The SMILES string of the molecule is O=C(c1ccc(CNc2n[nH]c3ccccc23)cc1)N1CCCC1. The van der Waals surface area contributed by atoms with Crippen LogP contribution in [-0.4, -0.2) is 34.1 Å². The van der Waals surface area contributed by atoms with Gasteiger partial charge in [-0.05, 0) is 42.7 Å². The van der Waals surface area contributed by atoms with Crippen molar-refractivity contribution in [3.05, 3.63) is 59.7 Å². The summed E-state index contributed by atoms with van der Waals surface area (Å²) in [7, 11) is 0. The van der Waals surface area contributed by atoms with Gasteiger partial charge in [0.25, 0.3) is 5.91 Å². The van der Waals surface area contributed by atoms with Gasteiger partial charge in [-0.2, -0.15) is 5.10 Å². The third-order valence-corrected chi connectivity index (χ3v) is 4.52. The molecule has 122 valence electrons. The van der Waals surface area contributed by atoms with E-state index in [-0.39, 0.29) is 5.91 Å². The number of H-pyrrole nitrogens is 1. The highest BCUT2D eigenvalue weighted by molar-refractivity contribution is 5.94. The number of carbonyl (C=O) groups excluding carboxylic acids is 1. The summed E-state index contributed by atoms with van der Waals surface area (Å²) in [4.78, 5) is 14.3. The lowest BCUT2D eigenvalue weighted by molar-refractivity contribution is 0.0793. The predicted octanol–water partition coefficient (Wildman–Crippen LogP) is 3.41. The van der Waals surface area contributed by atoms with Gasteiger partial charge in [-0.25, -0.2) is 0 Å². The summed E-state index contributed by atoms with van der Waals surface area (Å²) in [6.07, 6.45) is 2.23. The van der Waals surface area contributed by atoms with Crippen molar-refractivity contribution < 1.29 is 4.79 Å². The number of amides is 1. The Morgan fingerprint density at radius 3 is 2.62 bits per heavy atom. The van der Waals surface area contributed by atoms with Gasteiger partial charge in [-0.1, -0.05) is 24.3 Å². The Balaban J connectivity index is 1.43. The molecule has 1 amide bonds. The van der Waals surface area contributed by atoms with E-state index in [1.54, 1.807) is 0 Å². The number of aromatic amines is 1. The first-order chi connectivity index (χ1) is 11.8. The molecule has 1 saturated heterocycles. The molecule has 4 rings (SSSR count). The fraction of sp³-hybridized carbons (Fsp3) is 0.263. The number of anilines is 1. The van der Waals surface area contributed by atoms with Crippen LogP contribution in [0.1, 0.15) is 28.8 Å². The summed E-state index contributed by atoms with van der Waals surface area (Å²) in [5, 5.41) is 11.8. The smallest absolute Gasteiger partial charge is 0.253 e. The van der Waals surface area contributed by atoms with Crippen molar-refractivity contribution in [2.75, 3.05) is 18.4 Å². The summed E-state index contributed by atoms with van der Waals surface area (Å²) < 4.78 is 0. The largest absolute Gasteiger partial charge is 0.364 e. The zero-order chi connectivity index (χ0) is 16.4. The van der Waals surface area contributed by atoms with Gasteiger partial charge < -0.3 is 10.2 Å². The molecule has 0 spiro atoms. The number of likely N-dealkylation sites (tertiary alicyclic amines) is 1. The van der Waals surface area contributed by atoms with E-state index in [4.69, 9.17) is 0 Å². The van der Waals surface area contributed by atoms with Gasteiger partial charge in [0.05, 0.1) is 5.52 Å². The molecule has 2 heterocycles. The highest BCUT2D eigenvalue weighted by Crippen LogP contribution is 2.20. The van der Waals surface area contributed by atoms with Crippen molar-refractivity contribution in [1.82, 2.24) is 15.1 Å². The summed E-state index contributed by atoms with van der Waals surface area (Å²) in [6, 6.07) is 15.9. The zero-order valence-corrected chi connectivity index (χ0v) is 13.5. The number of benzene rings is 2. The minimum Gasteiger partial charge on any atom is -0.364 e. The van der Waals surface area contributed by atoms with E-state index in [0.29, 0.717) is 6.54 Å². The van der Waals surface area contributed by atoms with Crippen LogP contribution in [0.3, 0.4) is 0 Å². The molecule has 0 bridgehead atoms. The van der Waals surface area contributed by atoms with Crippen molar-refractivity contribution in [3.8, 4) is 0 Å². The van der Waals surface area contributed by atoms with Crippen LogP contribution in [0.25, 0.3) is 10.9 Å². The number of aromatic nitrogens is 2. The second-order valence-corrected chi connectivity index (χ2v) is 6.17. The average Bonchev–Trinajstić information content (AvgIpc) is 3.30. The summed E-state index contributed by atoms with van der Waals surface area (Å²) >= 11 is 0. The molecule has 1 aliphatic rings. The fourth-order valence-electron chi connectivity index (χ4n) is 3.15. The lowest BCUT2D eigenvalue weighted by Crippen LogP contribution is -2.27. The van der Waals surface area contributed by atoms with Crippen LogP contribution in [0.4, 0.5) is 5.82 Å². The highest BCUT2D eigenvalue weighted by Gasteiger charge is 2.19. The van der Waals surface area contributed by atoms with Crippen LogP contribution < -0.4 is 5.32 Å². The lowest BCUT2D eigenvalue weighted by atomic mass is 10.1. The molecule has 5 nitrogen and oxygen atoms in total. The molecule has 1 aromatic heterocycles. The lowest BCUT2D eigenvalue weighted by Gasteiger charge is -2.15. The molecule has 1 aliphatic heterocycles. The molecule has 1 fully saturated rings. The van der Waals surface area contributed by atoms with Gasteiger partial charge in [-0.15, -0.1) is 0 Å². The van der Waals surface area contributed by atoms with E-state index in [2.05, 4.69) is 15.5 Å². The maximum Gasteiger partial charge on any atom is 0.253 e. The Labute approximate surface area is 140 Å². The molecule has 0 aliphatic carbocycles. The number of nitrogens with zero attached hydrogens (tertiary/aromatic N) is 2. The van der Waals surface area contributed by atoms with E-state index in [1.807, 2.05) is 53.4 Å². The third-order valence-electron chi connectivity index (χ3n) is 4.52. The van der Waals surface area contributed by atoms with Gasteiger partial charge in [0.15, 0.2) is 5.82 Å². The molecule has 2 aromatic carbocycles. The highest BCUT2D eigenvalue weighted by atomic mass is 16.2. The van der Waals surface area contributed by atoms with Gasteiger partial charge in [0, 0.05) is 30.6 Å². The summed E-state index contributed by atoms with van der Waals surface area (Å²) in [6.45, 7) is 2.44. The van der Waals surface area contributed by atoms with E-state index >= 15 is 0 Å². The summed E-state index contributed by atoms with van der Waals surface area (Å²) in [5.41, 5.74) is 2.91. The van der Waals surface area contributed by atoms with Crippen LogP contribution in [-0.2, 0) is 6.54 Å². The first-order valence-corrected chi connectivity index (χ1v) is 8.36. The molecule has 0 unspecified atom stereocenters. The molecule has 24 heavy (non-hydrogen) atoms. The Morgan fingerprint density at radius 1 is 1.08 bits per heavy atom. The van der Waals surface area contributed by atoms with Crippen molar-refractivity contribution in [1.29, 1.82) is 0 Å². The Hall–Kier alpha value is -2.82. The number of rotatable bonds is 4. The van der Waals surface area contributed by atoms with Crippen molar-refractivity contribution >= 4 is 22.6 Å². The van der Waals surface area contributed by atoms with Gasteiger partial charge >= 0.3 is 0 Å². The van der Waals surface area contributed by atoms with Gasteiger partial charge in [0.1, 0.15) is 0 Å². The van der Waals surface area contributed by atoms with E-state index in [0.717, 1.165) is 53.8 Å². The summed E-state index contributed by atoms with van der Waals surface area (Å²) in [5.74, 6) is 0.994. The number of hydrogen-bond acceptors (Lipinski definition) is 3. The van der Waals surface area contributed by atoms with Gasteiger partial charge in [-0.3, -0.25) is 9.89 Å². The second-order valence-electron chi connectivity index (χ2n) is 6.17. The molecule has 0 saturated carbocycles. The first-order valence-electron chi connectivity index (χ1n) is 8.36. The standard InChI is InChI=1S/C19H20N4O/c24-19(23-11-3-4-12-23)15-9-7-14(8-10-15)13-20-18-16-5-1-2-6-17(16)21-22-18/h1-2,5-10H,3-4,11-13H2,(H2,20,21,22). The van der Waals surface area contributed by atoms with Crippen molar-refractivity contribution in [3.63, 3.8) is 0 Å². The van der Waals surface area contributed by atoms with Crippen molar-refractivity contribution in [2.45, 2.75) is 19.4 Å². The maximum absolute atomic E-state index is 12.3.